The molecule has 5 nitrogen and oxygen atoms in total. The van der Waals surface area contributed by atoms with Gasteiger partial charge in [0.15, 0.2) is 0 Å². The fraction of sp³-hybridized carbons (Fsp3) is 0.588. The van der Waals surface area contributed by atoms with Gasteiger partial charge in [-0.3, -0.25) is 14.6 Å². The van der Waals surface area contributed by atoms with Crippen LogP contribution in [0.15, 0.2) is 24.5 Å². The van der Waals surface area contributed by atoms with Gasteiger partial charge in [0.25, 0.3) is 0 Å². The van der Waals surface area contributed by atoms with Crippen molar-refractivity contribution in [2.45, 2.75) is 51.0 Å². The summed E-state index contributed by atoms with van der Waals surface area (Å²) in [7, 11) is 0. The highest BCUT2D eigenvalue weighted by Gasteiger charge is 2.50. The van der Waals surface area contributed by atoms with Gasteiger partial charge in [0.2, 0.25) is 11.8 Å². The second-order valence-corrected chi connectivity index (χ2v) is 6.34. The molecule has 2 aliphatic rings. The number of likely N-dealkylation sites (tertiary alicyclic amines) is 1. The zero-order chi connectivity index (χ0) is 15.6. The molecule has 0 bridgehead atoms. The SMILES string of the molecule is CCCC(=O)N1CCCCC12CC(=O)N(c1cccnc1)C2. The van der Waals surface area contributed by atoms with Gasteiger partial charge in [-0.05, 0) is 37.8 Å². The lowest BCUT2D eigenvalue weighted by atomic mass is 9.85. The van der Waals surface area contributed by atoms with E-state index in [4.69, 9.17) is 0 Å². The molecule has 0 N–H and O–H groups in total. The lowest BCUT2D eigenvalue weighted by Gasteiger charge is -2.44. The molecule has 2 saturated heterocycles. The molecular weight excluding hydrogens is 278 g/mol. The first-order valence-corrected chi connectivity index (χ1v) is 8.17. The van der Waals surface area contributed by atoms with Crippen LogP contribution in [0.1, 0.15) is 45.4 Å². The Hall–Kier alpha value is -1.91. The Morgan fingerprint density at radius 3 is 3.00 bits per heavy atom. The number of nitrogens with zero attached hydrogens (tertiary/aromatic N) is 3. The number of pyridine rings is 1. The summed E-state index contributed by atoms with van der Waals surface area (Å²) in [6.45, 7) is 3.41. The molecule has 1 aromatic rings. The molecule has 3 heterocycles. The van der Waals surface area contributed by atoms with Gasteiger partial charge in [0.05, 0.1) is 23.8 Å². The molecule has 5 heteroatoms. The van der Waals surface area contributed by atoms with Gasteiger partial charge < -0.3 is 9.80 Å². The molecule has 1 unspecified atom stereocenters. The molecule has 0 saturated carbocycles. The van der Waals surface area contributed by atoms with Crippen LogP contribution in [0.3, 0.4) is 0 Å². The number of hydrogen-bond donors (Lipinski definition) is 0. The predicted octanol–water partition coefficient (Wildman–Crippen LogP) is 2.37. The van der Waals surface area contributed by atoms with E-state index in [9.17, 15) is 9.59 Å². The van der Waals surface area contributed by atoms with Crippen molar-refractivity contribution in [2.75, 3.05) is 18.0 Å². The Kier molecular flexibility index (Phi) is 4.14. The molecule has 1 aromatic heterocycles. The summed E-state index contributed by atoms with van der Waals surface area (Å²) >= 11 is 0. The van der Waals surface area contributed by atoms with Crippen molar-refractivity contribution in [2.24, 2.45) is 0 Å². The van der Waals surface area contributed by atoms with Crippen LogP contribution in [-0.4, -0.2) is 40.3 Å². The van der Waals surface area contributed by atoms with Gasteiger partial charge in [0, 0.05) is 25.7 Å². The zero-order valence-corrected chi connectivity index (χ0v) is 13.1. The highest BCUT2D eigenvalue weighted by atomic mass is 16.2. The van der Waals surface area contributed by atoms with E-state index in [0.29, 0.717) is 19.4 Å². The van der Waals surface area contributed by atoms with E-state index in [2.05, 4.69) is 4.98 Å². The van der Waals surface area contributed by atoms with Crippen molar-refractivity contribution in [3.05, 3.63) is 24.5 Å². The van der Waals surface area contributed by atoms with Gasteiger partial charge in [-0.1, -0.05) is 6.92 Å². The molecule has 118 valence electrons. The Balaban J connectivity index is 1.86. The van der Waals surface area contributed by atoms with E-state index < -0.39 is 0 Å². The highest BCUT2D eigenvalue weighted by molar-refractivity contribution is 5.97. The smallest absolute Gasteiger partial charge is 0.229 e. The van der Waals surface area contributed by atoms with Gasteiger partial charge in [-0.15, -0.1) is 0 Å². The molecule has 2 amide bonds. The normalized spacial score (nSPS) is 25.0. The topological polar surface area (TPSA) is 53.5 Å². The van der Waals surface area contributed by atoms with E-state index in [-0.39, 0.29) is 17.4 Å². The van der Waals surface area contributed by atoms with E-state index in [1.54, 1.807) is 17.3 Å². The molecule has 0 aliphatic carbocycles. The summed E-state index contributed by atoms with van der Waals surface area (Å²) in [4.78, 5) is 32.9. The minimum atomic E-state index is -0.308. The average Bonchev–Trinajstić information content (AvgIpc) is 2.85. The fourth-order valence-corrected chi connectivity index (χ4v) is 3.75. The van der Waals surface area contributed by atoms with Crippen molar-refractivity contribution in [3.8, 4) is 0 Å². The monoisotopic (exact) mass is 301 g/mol. The Bertz CT molecular complexity index is 560. The van der Waals surface area contributed by atoms with E-state index in [1.807, 2.05) is 24.0 Å². The van der Waals surface area contributed by atoms with Crippen molar-refractivity contribution in [1.82, 2.24) is 9.88 Å². The molecule has 1 atom stereocenters. The largest absolute Gasteiger partial charge is 0.335 e. The van der Waals surface area contributed by atoms with Crippen LogP contribution in [0, 0.1) is 0 Å². The molecule has 2 aliphatic heterocycles. The Labute approximate surface area is 131 Å². The molecular formula is C17H23N3O2. The lowest BCUT2D eigenvalue weighted by Crippen LogP contribution is -2.56. The summed E-state index contributed by atoms with van der Waals surface area (Å²) in [6.07, 6.45) is 8.34. The van der Waals surface area contributed by atoms with Crippen molar-refractivity contribution in [1.29, 1.82) is 0 Å². The summed E-state index contributed by atoms with van der Waals surface area (Å²) in [5.41, 5.74) is 0.523. The number of amides is 2. The molecule has 1 spiro atoms. The van der Waals surface area contributed by atoms with Crippen LogP contribution < -0.4 is 4.90 Å². The summed E-state index contributed by atoms with van der Waals surface area (Å²) in [5, 5.41) is 0. The van der Waals surface area contributed by atoms with Crippen LogP contribution in [0.2, 0.25) is 0 Å². The number of anilines is 1. The Morgan fingerprint density at radius 1 is 1.41 bits per heavy atom. The number of hydrogen-bond acceptors (Lipinski definition) is 3. The summed E-state index contributed by atoms with van der Waals surface area (Å²) < 4.78 is 0. The van der Waals surface area contributed by atoms with Gasteiger partial charge in [0.1, 0.15) is 0 Å². The van der Waals surface area contributed by atoms with Crippen LogP contribution in [0.5, 0.6) is 0 Å². The second-order valence-electron chi connectivity index (χ2n) is 6.34. The number of rotatable bonds is 3. The first-order chi connectivity index (χ1) is 10.7. The van der Waals surface area contributed by atoms with Gasteiger partial charge in [-0.2, -0.15) is 0 Å². The van der Waals surface area contributed by atoms with E-state index in [1.165, 1.54) is 0 Å². The first-order valence-electron chi connectivity index (χ1n) is 8.17. The van der Waals surface area contributed by atoms with Gasteiger partial charge in [-0.25, -0.2) is 0 Å². The van der Waals surface area contributed by atoms with Crippen LogP contribution >= 0.6 is 0 Å². The number of carbonyl (C=O) groups excluding carboxylic acids is 2. The average molecular weight is 301 g/mol. The lowest BCUT2D eigenvalue weighted by molar-refractivity contribution is -0.139. The minimum Gasteiger partial charge on any atom is -0.335 e. The Morgan fingerprint density at radius 2 is 2.27 bits per heavy atom. The highest BCUT2D eigenvalue weighted by Crippen LogP contribution is 2.39. The summed E-state index contributed by atoms with van der Waals surface area (Å²) in [6, 6.07) is 3.75. The molecule has 0 radical (unpaired) electrons. The van der Waals surface area contributed by atoms with Crippen molar-refractivity contribution >= 4 is 17.5 Å². The maximum absolute atomic E-state index is 12.5. The van der Waals surface area contributed by atoms with Crippen LogP contribution in [0.4, 0.5) is 5.69 Å². The third-order valence-electron chi connectivity index (χ3n) is 4.80. The predicted molar refractivity (Wildman–Crippen MR) is 84.4 cm³/mol. The van der Waals surface area contributed by atoms with Crippen LogP contribution in [-0.2, 0) is 9.59 Å². The second kappa shape index (κ2) is 6.07. The molecule has 22 heavy (non-hydrogen) atoms. The molecule has 2 fully saturated rings. The van der Waals surface area contributed by atoms with Crippen molar-refractivity contribution in [3.63, 3.8) is 0 Å². The summed E-state index contributed by atoms with van der Waals surface area (Å²) in [5.74, 6) is 0.298. The maximum Gasteiger partial charge on any atom is 0.229 e. The molecule has 0 aromatic carbocycles. The number of aromatic nitrogens is 1. The third-order valence-corrected chi connectivity index (χ3v) is 4.80. The number of carbonyl (C=O) groups is 2. The quantitative estimate of drug-likeness (QED) is 0.861. The first kappa shape index (κ1) is 15.0. The van der Waals surface area contributed by atoms with E-state index in [0.717, 1.165) is 37.9 Å². The fourth-order valence-electron chi connectivity index (χ4n) is 3.75. The molecule has 3 rings (SSSR count). The van der Waals surface area contributed by atoms with E-state index >= 15 is 0 Å². The maximum atomic E-state index is 12.5. The zero-order valence-electron chi connectivity index (χ0n) is 13.1. The standard InChI is InChI=1S/C17H23N3O2/c1-2-6-15(21)20-10-4-3-8-17(20)11-16(22)19(13-17)14-7-5-9-18-12-14/h5,7,9,12H,2-4,6,8,10-11,13H2,1H3. The third kappa shape index (κ3) is 2.60. The minimum absolute atomic E-state index is 0.101. The van der Waals surface area contributed by atoms with Gasteiger partial charge >= 0.3 is 0 Å². The van der Waals surface area contributed by atoms with Crippen LogP contribution in [0.25, 0.3) is 0 Å². The number of piperidine rings is 1. The van der Waals surface area contributed by atoms with Crippen molar-refractivity contribution < 1.29 is 9.59 Å².